The molecule has 2 aliphatic carbocycles. The van der Waals surface area contributed by atoms with E-state index in [0.717, 1.165) is 55.6 Å². The van der Waals surface area contributed by atoms with E-state index in [-0.39, 0.29) is 6.10 Å². The van der Waals surface area contributed by atoms with Crippen molar-refractivity contribution in [2.75, 3.05) is 13.2 Å². The molecule has 0 N–H and O–H groups in total. The molecule has 0 spiro atoms. The summed E-state index contributed by atoms with van der Waals surface area (Å²) in [6.07, 6.45) is 24.1. The number of halogens is 2. The summed E-state index contributed by atoms with van der Waals surface area (Å²) >= 11 is 0. The number of hydrogen-bond donors (Lipinski definition) is 0. The number of benzene rings is 1. The number of hydrogen-bond acceptors (Lipinski definition) is 2. The molecule has 0 amide bonds. The zero-order valence-corrected chi connectivity index (χ0v) is 22.7. The smallest absolute Gasteiger partial charge is 0.166 e. The van der Waals surface area contributed by atoms with Gasteiger partial charge in [-0.3, -0.25) is 0 Å². The minimum atomic E-state index is -0.733. The van der Waals surface area contributed by atoms with Gasteiger partial charge in [-0.15, -0.1) is 0 Å². The van der Waals surface area contributed by atoms with Crippen LogP contribution >= 0.6 is 0 Å². The third-order valence-electron chi connectivity index (χ3n) is 9.74. The SMILES string of the molecule is C/C=C\CCCC1CCC(C2CCC(CCC3CC=C(c4ccc(C5CO5)c(F)c4F)CC3)OC2)CC1. The second kappa shape index (κ2) is 13.0. The first-order chi connectivity index (χ1) is 18.1. The second-order valence-electron chi connectivity index (χ2n) is 12.2. The molecule has 4 atom stereocenters. The monoisotopic (exact) mass is 512 g/mol. The summed E-state index contributed by atoms with van der Waals surface area (Å²) in [4.78, 5) is 0. The summed E-state index contributed by atoms with van der Waals surface area (Å²) < 4.78 is 40.7. The largest absolute Gasteiger partial charge is 0.378 e. The highest BCUT2D eigenvalue weighted by atomic mass is 19.2. The molecule has 2 nitrogen and oxygen atoms in total. The van der Waals surface area contributed by atoms with E-state index >= 15 is 0 Å². The maximum atomic E-state index is 14.7. The molecule has 4 aliphatic rings. The van der Waals surface area contributed by atoms with Crippen molar-refractivity contribution >= 4 is 5.57 Å². The average Bonchev–Trinajstić information content (AvgIpc) is 3.78. The zero-order chi connectivity index (χ0) is 25.6. The topological polar surface area (TPSA) is 21.8 Å². The number of ether oxygens (including phenoxy) is 2. The van der Waals surface area contributed by atoms with Crippen molar-refractivity contribution < 1.29 is 18.3 Å². The van der Waals surface area contributed by atoms with E-state index in [0.29, 0.717) is 29.8 Å². The van der Waals surface area contributed by atoms with Gasteiger partial charge in [0.1, 0.15) is 6.10 Å². The summed E-state index contributed by atoms with van der Waals surface area (Å²) in [6.45, 7) is 3.57. The molecule has 0 radical (unpaired) electrons. The maximum absolute atomic E-state index is 14.7. The number of allylic oxidation sites excluding steroid dienone is 4. The fraction of sp³-hybridized carbons (Fsp3) is 0.697. The fourth-order valence-corrected chi connectivity index (χ4v) is 7.17. The Morgan fingerprint density at radius 2 is 1.65 bits per heavy atom. The first kappa shape index (κ1) is 27.1. The van der Waals surface area contributed by atoms with Gasteiger partial charge in [-0.2, -0.15) is 0 Å². The van der Waals surface area contributed by atoms with Crippen LogP contribution in [-0.4, -0.2) is 19.3 Å². The minimum absolute atomic E-state index is 0.260. The van der Waals surface area contributed by atoms with Crippen LogP contribution in [0.4, 0.5) is 8.78 Å². The molecule has 2 heterocycles. The zero-order valence-electron chi connectivity index (χ0n) is 22.7. The van der Waals surface area contributed by atoms with Crippen molar-refractivity contribution in [2.45, 2.75) is 109 Å². The highest BCUT2D eigenvalue weighted by Crippen LogP contribution is 2.41. The molecule has 5 rings (SSSR count). The van der Waals surface area contributed by atoms with E-state index in [2.05, 4.69) is 25.2 Å². The van der Waals surface area contributed by atoms with Gasteiger partial charge in [-0.05, 0) is 107 Å². The van der Waals surface area contributed by atoms with Crippen LogP contribution in [0.1, 0.15) is 114 Å². The van der Waals surface area contributed by atoms with Gasteiger partial charge < -0.3 is 9.47 Å². The lowest BCUT2D eigenvalue weighted by atomic mass is 9.72. The van der Waals surface area contributed by atoms with Crippen LogP contribution in [0.25, 0.3) is 5.57 Å². The first-order valence-electron chi connectivity index (χ1n) is 15.1. The van der Waals surface area contributed by atoms with Gasteiger partial charge in [0.25, 0.3) is 0 Å². The Kier molecular flexibility index (Phi) is 9.52. The second-order valence-corrected chi connectivity index (χ2v) is 12.2. The highest BCUT2D eigenvalue weighted by molar-refractivity contribution is 5.67. The average molecular weight is 513 g/mol. The van der Waals surface area contributed by atoms with E-state index in [1.165, 1.54) is 64.2 Å². The summed E-state index contributed by atoms with van der Waals surface area (Å²) in [5, 5.41) is 0. The van der Waals surface area contributed by atoms with Crippen LogP contribution in [-0.2, 0) is 9.47 Å². The van der Waals surface area contributed by atoms with Crippen LogP contribution in [0.3, 0.4) is 0 Å². The lowest BCUT2D eigenvalue weighted by Gasteiger charge is -2.38. The lowest BCUT2D eigenvalue weighted by Crippen LogP contribution is -2.32. The van der Waals surface area contributed by atoms with Crippen LogP contribution in [0.15, 0.2) is 30.4 Å². The summed E-state index contributed by atoms with van der Waals surface area (Å²) in [5.74, 6) is 1.79. The van der Waals surface area contributed by atoms with Crippen molar-refractivity contribution in [1.29, 1.82) is 0 Å². The van der Waals surface area contributed by atoms with E-state index < -0.39 is 11.6 Å². The van der Waals surface area contributed by atoms with E-state index in [1.54, 1.807) is 12.1 Å². The van der Waals surface area contributed by atoms with Gasteiger partial charge in [0, 0.05) is 11.1 Å². The van der Waals surface area contributed by atoms with Crippen LogP contribution in [0, 0.1) is 35.3 Å². The van der Waals surface area contributed by atoms with Crippen molar-refractivity contribution in [3.05, 3.63) is 53.1 Å². The molecule has 1 aromatic carbocycles. The molecule has 2 saturated heterocycles. The summed E-state index contributed by atoms with van der Waals surface area (Å²) in [7, 11) is 0. The molecule has 0 bridgehead atoms. The van der Waals surface area contributed by atoms with E-state index in [4.69, 9.17) is 9.47 Å². The predicted octanol–water partition coefficient (Wildman–Crippen LogP) is 9.35. The number of rotatable bonds is 10. The molecule has 1 saturated carbocycles. The summed E-state index contributed by atoms with van der Waals surface area (Å²) in [6, 6.07) is 3.44. The number of epoxide rings is 1. The Morgan fingerprint density at radius 3 is 2.32 bits per heavy atom. The fourth-order valence-electron chi connectivity index (χ4n) is 7.17. The Bertz CT molecular complexity index is 934. The highest BCUT2D eigenvalue weighted by Gasteiger charge is 2.32. The van der Waals surface area contributed by atoms with Gasteiger partial charge in [0.2, 0.25) is 0 Å². The molecule has 1 aromatic rings. The van der Waals surface area contributed by atoms with Crippen LogP contribution < -0.4 is 0 Å². The Balaban J connectivity index is 0.998. The third kappa shape index (κ3) is 7.12. The molecule has 2 aliphatic heterocycles. The van der Waals surface area contributed by atoms with Crippen molar-refractivity contribution in [2.24, 2.45) is 23.7 Å². The van der Waals surface area contributed by atoms with Crippen molar-refractivity contribution in [3.63, 3.8) is 0 Å². The normalized spacial score (nSPS) is 32.5. The van der Waals surface area contributed by atoms with Gasteiger partial charge in [-0.1, -0.05) is 49.6 Å². The molecule has 4 heteroatoms. The Morgan fingerprint density at radius 1 is 0.838 bits per heavy atom. The van der Waals surface area contributed by atoms with Crippen LogP contribution in [0.5, 0.6) is 0 Å². The Hall–Kier alpha value is -1.52. The number of unbranched alkanes of at least 4 members (excludes halogenated alkanes) is 1. The van der Waals surface area contributed by atoms with Crippen molar-refractivity contribution in [3.8, 4) is 0 Å². The molecule has 4 unspecified atom stereocenters. The Labute approximate surface area is 222 Å². The van der Waals surface area contributed by atoms with Gasteiger partial charge in [-0.25, -0.2) is 8.78 Å². The minimum Gasteiger partial charge on any atom is -0.378 e. The van der Waals surface area contributed by atoms with Gasteiger partial charge in [0.05, 0.1) is 19.3 Å². The third-order valence-corrected chi connectivity index (χ3v) is 9.74. The van der Waals surface area contributed by atoms with E-state index in [9.17, 15) is 8.78 Å². The molecular weight excluding hydrogens is 466 g/mol. The first-order valence-corrected chi connectivity index (χ1v) is 15.1. The lowest BCUT2D eigenvalue weighted by molar-refractivity contribution is -0.0443. The quantitative estimate of drug-likeness (QED) is 0.177. The maximum Gasteiger partial charge on any atom is 0.166 e. The standard InChI is InChI=1S/C33H46F2O2/c1-2-3-4-5-6-23-7-12-25(13-8-23)27-16-18-28(36-21-27)17-11-24-9-14-26(15-10-24)29-19-20-30(31-22-37-31)33(35)32(29)34/h2-3,14,19-20,23-25,27-28,31H,4-13,15-18,21-22H2,1H3/b3-2-. The molecular formula is C33H46F2O2. The van der Waals surface area contributed by atoms with Gasteiger partial charge in [0.15, 0.2) is 11.6 Å². The molecule has 0 aromatic heterocycles. The molecule has 204 valence electrons. The molecule has 37 heavy (non-hydrogen) atoms. The molecule has 3 fully saturated rings. The van der Waals surface area contributed by atoms with Gasteiger partial charge >= 0.3 is 0 Å². The van der Waals surface area contributed by atoms with E-state index in [1.807, 2.05) is 0 Å². The summed E-state index contributed by atoms with van der Waals surface area (Å²) in [5.41, 5.74) is 1.75. The predicted molar refractivity (Wildman–Crippen MR) is 146 cm³/mol. The van der Waals surface area contributed by atoms with Crippen LogP contribution in [0.2, 0.25) is 0 Å². The van der Waals surface area contributed by atoms with Crippen molar-refractivity contribution in [1.82, 2.24) is 0 Å².